The van der Waals surface area contributed by atoms with Gasteiger partial charge in [-0.15, -0.1) is 0 Å². The highest BCUT2D eigenvalue weighted by atomic mass is 35.5. The van der Waals surface area contributed by atoms with E-state index in [1.54, 1.807) is 6.92 Å². The lowest BCUT2D eigenvalue weighted by Gasteiger charge is -2.32. The van der Waals surface area contributed by atoms with E-state index in [1.807, 2.05) is 0 Å². The highest BCUT2D eigenvalue weighted by Crippen LogP contribution is 2.28. The first-order valence-corrected chi connectivity index (χ1v) is 8.04. The topological polar surface area (TPSA) is 55.6 Å². The number of benzene rings is 2. The number of nitrogen functional groups attached to an aromatic ring is 1. The average Bonchev–Trinajstić information content (AvgIpc) is 2.54. The van der Waals surface area contributed by atoms with Crippen LogP contribution in [0.2, 0.25) is 5.02 Å². The van der Waals surface area contributed by atoms with Crippen molar-refractivity contribution in [3.8, 4) is 5.75 Å². The van der Waals surface area contributed by atoms with Crippen molar-refractivity contribution in [3.05, 3.63) is 53.1 Å². The Bertz CT molecular complexity index is 797. The van der Waals surface area contributed by atoms with Crippen LogP contribution in [-0.4, -0.2) is 18.1 Å². The van der Waals surface area contributed by atoms with Crippen LogP contribution < -0.4 is 15.4 Å². The molecule has 0 atom stereocenters. The number of halogens is 3. The van der Waals surface area contributed by atoms with Crippen molar-refractivity contribution in [2.24, 2.45) is 0 Å². The molecule has 0 radical (unpaired) electrons. The molecule has 0 aromatic heterocycles. The number of anilines is 2. The lowest BCUT2D eigenvalue weighted by atomic mass is 10.1. The molecule has 0 aliphatic carbocycles. The SMILES string of the molecule is CCN(C(=O)C(C)(C)Oc1ccc(N)cc1F)c1ccc(Cl)c(F)c1. The maximum absolute atomic E-state index is 14.0. The van der Waals surface area contributed by atoms with E-state index >= 15 is 0 Å². The third-order valence-electron chi connectivity index (χ3n) is 3.61. The van der Waals surface area contributed by atoms with Crippen LogP contribution in [0.4, 0.5) is 20.2 Å². The first-order chi connectivity index (χ1) is 11.7. The zero-order chi connectivity index (χ0) is 18.8. The minimum Gasteiger partial charge on any atom is -0.475 e. The van der Waals surface area contributed by atoms with Gasteiger partial charge in [-0.3, -0.25) is 4.79 Å². The van der Waals surface area contributed by atoms with Gasteiger partial charge in [-0.25, -0.2) is 8.78 Å². The van der Waals surface area contributed by atoms with Crippen molar-refractivity contribution in [2.75, 3.05) is 17.2 Å². The monoisotopic (exact) mass is 368 g/mol. The predicted octanol–water partition coefficient (Wildman–Crippen LogP) is 4.41. The van der Waals surface area contributed by atoms with Gasteiger partial charge in [0.25, 0.3) is 5.91 Å². The fraction of sp³-hybridized carbons (Fsp3) is 0.278. The van der Waals surface area contributed by atoms with Crippen LogP contribution in [0.25, 0.3) is 0 Å². The molecule has 25 heavy (non-hydrogen) atoms. The highest BCUT2D eigenvalue weighted by molar-refractivity contribution is 6.30. The molecule has 2 aromatic carbocycles. The molecule has 7 heteroatoms. The van der Waals surface area contributed by atoms with Crippen LogP contribution in [0.5, 0.6) is 5.75 Å². The molecule has 1 amide bonds. The number of rotatable bonds is 5. The fourth-order valence-corrected chi connectivity index (χ4v) is 2.46. The third kappa shape index (κ3) is 4.20. The van der Waals surface area contributed by atoms with E-state index in [1.165, 1.54) is 49.1 Å². The Balaban J connectivity index is 2.29. The summed E-state index contributed by atoms with van der Waals surface area (Å²) in [6, 6.07) is 8.02. The molecule has 2 rings (SSSR count). The van der Waals surface area contributed by atoms with Crippen molar-refractivity contribution in [1.82, 2.24) is 0 Å². The number of nitrogens with two attached hydrogens (primary N) is 1. The molecule has 0 unspecified atom stereocenters. The summed E-state index contributed by atoms with van der Waals surface area (Å²) in [6.07, 6.45) is 0. The van der Waals surface area contributed by atoms with Crippen LogP contribution in [0.1, 0.15) is 20.8 Å². The number of amides is 1. The summed E-state index contributed by atoms with van der Waals surface area (Å²) in [5, 5.41) is -0.0355. The minimum absolute atomic E-state index is 0.0355. The number of nitrogens with zero attached hydrogens (tertiary/aromatic N) is 1. The van der Waals surface area contributed by atoms with Gasteiger partial charge in [0.2, 0.25) is 0 Å². The molecule has 0 saturated carbocycles. The number of carbonyl (C=O) groups excluding carboxylic acids is 1. The van der Waals surface area contributed by atoms with E-state index in [2.05, 4.69) is 0 Å². The maximum atomic E-state index is 14.0. The third-order valence-corrected chi connectivity index (χ3v) is 3.92. The molecule has 2 aromatic rings. The van der Waals surface area contributed by atoms with Gasteiger partial charge < -0.3 is 15.4 Å². The predicted molar refractivity (Wildman–Crippen MR) is 95.0 cm³/mol. The Morgan fingerprint density at radius 3 is 2.44 bits per heavy atom. The Morgan fingerprint density at radius 1 is 1.20 bits per heavy atom. The van der Waals surface area contributed by atoms with E-state index in [9.17, 15) is 13.6 Å². The number of likely N-dealkylation sites (N-methyl/N-ethyl adjacent to an activating group) is 1. The van der Waals surface area contributed by atoms with Gasteiger partial charge in [-0.2, -0.15) is 0 Å². The van der Waals surface area contributed by atoms with Gasteiger partial charge in [0.05, 0.1) is 5.02 Å². The standard InChI is InChI=1S/C18H19ClF2N2O2/c1-4-23(12-6-7-13(19)14(20)10-12)17(24)18(2,3)25-16-8-5-11(22)9-15(16)21/h5-10H,4,22H2,1-3H3. The van der Waals surface area contributed by atoms with Crippen LogP contribution in [0.3, 0.4) is 0 Å². The summed E-state index contributed by atoms with van der Waals surface area (Å²) >= 11 is 5.68. The van der Waals surface area contributed by atoms with Crippen molar-refractivity contribution in [1.29, 1.82) is 0 Å². The maximum Gasteiger partial charge on any atom is 0.270 e. The normalized spacial score (nSPS) is 11.3. The highest BCUT2D eigenvalue weighted by Gasteiger charge is 2.35. The molecule has 2 N–H and O–H groups in total. The molecular formula is C18H19ClF2N2O2. The Kier molecular flexibility index (Phi) is 5.52. The zero-order valence-corrected chi connectivity index (χ0v) is 14.9. The van der Waals surface area contributed by atoms with Crippen molar-refractivity contribution in [3.63, 3.8) is 0 Å². The number of hydrogen-bond donors (Lipinski definition) is 1. The van der Waals surface area contributed by atoms with Gasteiger partial charge in [-0.05, 0) is 51.1 Å². The fourth-order valence-electron chi connectivity index (χ4n) is 2.34. The first-order valence-electron chi connectivity index (χ1n) is 7.66. The Morgan fingerprint density at radius 2 is 1.88 bits per heavy atom. The van der Waals surface area contributed by atoms with Gasteiger partial charge in [0, 0.05) is 24.0 Å². The molecule has 0 heterocycles. The largest absolute Gasteiger partial charge is 0.475 e. The van der Waals surface area contributed by atoms with Gasteiger partial charge >= 0.3 is 0 Å². The molecular weight excluding hydrogens is 350 g/mol. The van der Waals surface area contributed by atoms with E-state index in [0.717, 1.165) is 6.07 Å². The van der Waals surface area contributed by atoms with E-state index < -0.39 is 23.1 Å². The molecule has 0 spiro atoms. The number of hydrogen-bond acceptors (Lipinski definition) is 3. The number of carbonyl (C=O) groups is 1. The first kappa shape index (κ1) is 19.0. The lowest BCUT2D eigenvalue weighted by Crippen LogP contribution is -2.49. The van der Waals surface area contributed by atoms with Gasteiger partial charge in [0.15, 0.2) is 17.2 Å². The van der Waals surface area contributed by atoms with E-state index in [0.29, 0.717) is 5.69 Å². The molecule has 0 fully saturated rings. The van der Waals surface area contributed by atoms with Crippen LogP contribution in [0, 0.1) is 11.6 Å². The summed E-state index contributed by atoms with van der Waals surface area (Å²) in [5.74, 6) is -1.84. The van der Waals surface area contributed by atoms with Crippen LogP contribution in [0.15, 0.2) is 36.4 Å². The molecule has 4 nitrogen and oxygen atoms in total. The molecule has 0 saturated heterocycles. The smallest absolute Gasteiger partial charge is 0.270 e. The summed E-state index contributed by atoms with van der Waals surface area (Å²) < 4.78 is 33.2. The average molecular weight is 369 g/mol. The van der Waals surface area contributed by atoms with E-state index in [-0.39, 0.29) is 23.0 Å². The van der Waals surface area contributed by atoms with Crippen molar-refractivity contribution in [2.45, 2.75) is 26.4 Å². The summed E-state index contributed by atoms with van der Waals surface area (Å²) in [4.78, 5) is 14.2. The second-order valence-corrected chi connectivity index (χ2v) is 6.36. The molecule has 0 bridgehead atoms. The molecule has 0 aliphatic rings. The Hall–Kier alpha value is -2.34. The minimum atomic E-state index is -1.39. The lowest BCUT2D eigenvalue weighted by molar-refractivity contribution is -0.131. The van der Waals surface area contributed by atoms with E-state index in [4.69, 9.17) is 22.1 Å². The van der Waals surface area contributed by atoms with Gasteiger partial charge in [-0.1, -0.05) is 11.6 Å². The summed E-state index contributed by atoms with van der Waals surface area (Å²) in [7, 11) is 0. The Labute approximate surface area is 150 Å². The number of ether oxygens (including phenoxy) is 1. The second-order valence-electron chi connectivity index (χ2n) is 5.95. The van der Waals surface area contributed by atoms with Gasteiger partial charge in [0.1, 0.15) is 5.82 Å². The summed E-state index contributed by atoms with van der Waals surface area (Å²) in [6.45, 7) is 5.04. The molecule has 0 aliphatic heterocycles. The van der Waals surface area contributed by atoms with Crippen LogP contribution >= 0.6 is 11.6 Å². The summed E-state index contributed by atoms with van der Waals surface area (Å²) in [5.41, 5.74) is 4.71. The van der Waals surface area contributed by atoms with Crippen molar-refractivity contribution >= 4 is 28.9 Å². The van der Waals surface area contributed by atoms with Crippen LogP contribution in [-0.2, 0) is 4.79 Å². The second kappa shape index (κ2) is 7.27. The quantitative estimate of drug-likeness (QED) is 0.795. The molecule has 134 valence electrons. The zero-order valence-electron chi connectivity index (χ0n) is 14.1. The van der Waals surface area contributed by atoms with Crippen molar-refractivity contribution < 1.29 is 18.3 Å².